The van der Waals surface area contributed by atoms with E-state index in [9.17, 15) is 18.9 Å². The lowest BCUT2D eigenvalue weighted by molar-refractivity contribution is -0.418. The van der Waals surface area contributed by atoms with Gasteiger partial charge in [-0.25, -0.2) is 8.78 Å². The van der Waals surface area contributed by atoms with Gasteiger partial charge in [-0.2, -0.15) is 4.98 Å². The highest BCUT2D eigenvalue weighted by atomic mass is 35.5. The number of nitrogens with zero attached hydrogens (tertiary/aromatic N) is 1. The van der Waals surface area contributed by atoms with Crippen molar-refractivity contribution in [2.75, 3.05) is 0 Å². The van der Waals surface area contributed by atoms with Crippen LogP contribution in [0.15, 0.2) is 12.3 Å². The largest absolute Gasteiger partial charge is 0.353 e. The van der Waals surface area contributed by atoms with Gasteiger partial charge in [-0.15, -0.1) is 0 Å². The van der Waals surface area contributed by atoms with E-state index in [2.05, 4.69) is 4.98 Å². The van der Waals surface area contributed by atoms with Crippen LogP contribution in [0.2, 0.25) is 5.15 Å². The Labute approximate surface area is 134 Å². The molecule has 22 heavy (non-hydrogen) atoms. The number of H-pyrrole nitrogens is 1. The number of alkyl halides is 2. The second-order valence-corrected chi connectivity index (χ2v) is 5.75. The summed E-state index contributed by atoms with van der Waals surface area (Å²) < 4.78 is 23.8. The molecule has 0 saturated carbocycles. The van der Waals surface area contributed by atoms with Gasteiger partial charge < -0.3 is 0 Å². The molecule has 0 spiro atoms. The number of hydrogen-bond acceptors (Lipinski definition) is 2. The van der Waals surface area contributed by atoms with Crippen LogP contribution in [0.1, 0.15) is 56.9 Å². The van der Waals surface area contributed by atoms with E-state index >= 15 is 0 Å². The van der Waals surface area contributed by atoms with Crippen molar-refractivity contribution in [1.29, 1.82) is 0 Å². The van der Waals surface area contributed by atoms with Crippen molar-refractivity contribution in [2.45, 2.75) is 64.2 Å². The molecule has 0 amide bonds. The van der Waals surface area contributed by atoms with Crippen LogP contribution in [0.25, 0.3) is 0 Å². The van der Waals surface area contributed by atoms with Gasteiger partial charge in [0.25, 0.3) is 0 Å². The van der Waals surface area contributed by atoms with E-state index in [-0.39, 0.29) is 17.3 Å². The van der Waals surface area contributed by atoms with Crippen LogP contribution >= 0.6 is 11.6 Å². The summed E-state index contributed by atoms with van der Waals surface area (Å²) in [4.78, 5) is 13.0. The van der Waals surface area contributed by atoms with E-state index < -0.39 is 11.3 Å². The van der Waals surface area contributed by atoms with Gasteiger partial charge in [0, 0.05) is 18.1 Å². The molecule has 0 aromatic carbocycles. The Morgan fingerprint density at radius 3 is 2.32 bits per heavy atom. The van der Waals surface area contributed by atoms with Gasteiger partial charge >= 0.3 is 10.8 Å². The number of aromatic nitrogens is 1. The van der Waals surface area contributed by atoms with E-state index in [1.807, 2.05) is 0 Å². The molecule has 0 aliphatic carbocycles. The summed E-state index contributed by atoms with van der Waals surface area (Å²) in [5, 5.41) is 10.8. The number of aryl methyl sites for hydroxylation is 1. The molecule has 0 unspecified atom stereocenters. The molecule has 0 aliphatic rings. The molecule has 1 aromatic heterocycles. The quantitative estimate of drug-likeness (QED) is 0.247. The summed E-state index contributed by atoms with van der Waals surface area (Å²) >= 11 is 5.71. The second-order valence-electron chi connectivity index (χ2n) is 5.37. The molecular formula is C15H22ClF2N2O2+. The summed E-state index contributed by atoms with van der Waals surface area (Å²) in [6.07, 6.45) is 6.84. The second kappa shape index (κ2) is 10.4. The lowest BCUT2D eigenvalue weighted by atomic mass is 10.0. The van der Waals surface area contributed by atoms with Crippen LogP contribution < -0.4 is 4.98 Å². The molecule has 0 fully saturated rings. The Bertz CT molecular complexity index is 473. The zero-order valence-electron chi connectivity index (χ0n) is 12.5. The number of unbranched alkanes of at least 4 members (excludes halogenated alkanes) is 6. The highest BCUT2D eigenvalue weighted by Crippen LogP contribution is 2.21. The van der Waals surface area contributed by atoms with Crippen LogP contribution in [0.4, 0.5) is 14.5 Å². The number of nitrogens with one attached hydrogen (secondary N) is 1. The van der Waals surface area contributed by atoms with Crippen molar-refractivity contribution in [1.82, 2.24) is 0 Å². The third-order valence-electron chi connectivity index (χ3n) is 3.52. The number of rotatable bonds is 11. The van der Waals surface area contributed by atoms with Gasteiger partial charge in [-0.3, -0.25) is 10.1 Å². The fraction of sp³-hybridized carbons (Fsp3) is 0.667. The maximum Gasteiger partial charge on any atom is 0.353 e. The van der Waals surface area contributed by atoms with E-state index in [4.69, 9.17) is 11.6 Å². The maximum absolute atomic E-state index is 11.9. The Morgan fingerprint density at radius 1 is 1.14 bits per heavy atom. The minimum atomic E-state index is -2.18. The standard InChI is InChI=1S/C15H21ClF2N2O2/c16-15-13(20(21)22)10-12(11-19-15)8-6-4-2-1-3-5-7-9-14(17)18/h10-11,14H,1-9H2/p+1. The van der Waals surface area contributed by atoms with Crippen molar-refractivity contribution in [3.63, 3.8) is 0 Å². The smallest absolute Gasteiger partial charge is 0.258 e. The molecule has 0 bridgehead atoms. The molecule has 1 heterocycles. The van der Waals surface area contributed by atoms with E-state index in [1.54, 1.807) is 6.20 Å². The first-order valence-electron chi connectivity index (χ1n) is 7.63. The van der Waals surface area contributed by atoms with Crippen molar-refractivity contribution in [3.8, 4) is 0 Å². The van der Waals surface area contributed by atoms with Gasteiger partial charge in [0.1, 0.15) is 0 Å². The summed E-state index contributed by atoms with van der Waals surface area (Å²) in [6.45, 7) is 0. The molecule has 124 valence electrons. The minimum Gasteiger partial charge on any atom is -0.258 e. The third-order valence-corrected chi connectivity index (χ3v) is 3.82. The van der Waals surface area contributed by atoms with Crippen LogP contribution in [0.3, 0.4) is 0 Å². The summed E-state index contributed by atoms with van der Waals surface area (Å²) in [5.74, 6) is 0. The fourth-order valence-electron chi connectivity index (χ4n) is 2.30. The number of aromatic amines is 1. The first-order valence-corrected chi connectivity index (χ1v) is 8.01. The maximum atomic E-state index is 11.9. The molecule has 1 aromatic rings. The zero-order chi connectivity index (χ0) is 16.4. The molecule has 7 heteroatoms. The molecule has 1 rings (SSSR count). The van der Waals surface area contributed by atoms with Crippen LogP contribution in [-0.2, 0) is 6.42 Å². The molecule has 0 radical (unpaired) electrons. The van der Waals surface area contributed by atoms with Crippen molar-refractivity contribution in [3.05, 3.63) is 33.1 Å². The molecule has 0 aliphatic heterocycles. The van der Waals surface area contributed by atoms with Crippen molar-refractivity contribution < 1.29 is 18.7 Å². The minimum absolute atomic E-state index is 0.00580. The Kier molecular flexibility index (Phi) is 8.89. The average molecular weight is 336 g/mol. The predicted molar refractivity (Wildman–Crippen MR) is 81.3 cm³/mol. The number of hydrogen-bond donors (Lipinski definition) is 0. The number of pyridine rings is 1. The first-order chi connectivity index (χ1) is 10.5. The monoisotopic (exact) mass is 335 g/mol. The van der Waals surface area contributed by atoms with E-state index in [1.165, 1.54) is 6.07 Å². The van der Waals surface area contributed by atoms with Gasteiger partial charge in [0.05, 0.1) is 4.92 Å². The molecule has 0 atom stereocenters. The van der Waals surface area contributed by atoms with E-state index in [0.29, 0.717) is 6.42 Å². The Hall–Kier alpha value is -1.30. The fourth-order valence-corrected chi connectivity index (χ4v) is 2.48. The Morgan fingerprint density at radius 2 is 1.73 bits per heavy atom. The number of halogens is 3. The highest BCUT2D eigenvalue weighted by Gasteiger charge is 2.19. The van der Waals surface area contributed by atoms with Gasteiger partial charge in [0.15, 0.2) is 6.20 Å². The van der Waals surface area contributed by atoms with Crippen molar-refractivity contribution >= 4 is 17.3 Å². The highest BCUT2D eigenvalue weighted by molar-refractivity contribution is 6.30. The SMILES string of the molecule is O=[N+]([O-])c1cc(CCCCCCCCCC(F)F)c[nH+]c1Cl. The van der Waals surface area contributed by atoms with Gasteiger partial charge in [0.2, 0.25) is 6.43 Å². The van der Waals surface area contributed by atoms with Crippen LogP contribution in [0.5, 0.6) is 0 Å². The van der Waals surface area contributed by atoms with Crippen molar-refractivity contribution in [2.24, 2.45) is 0 Å². The predicted octanol–water partition coefficient (Wildman–Crippen LogP) is 4.99. The number of nitro groups is 1. The molecule has 4 nitrogen and oxygen atoms in total. The van der Waals surface area contributed by atoms with Gasteiger partial charge in [-0.05, 0) is 30.9 Å². The summed E-state index contributed by atoms with van der Waals surface area (Å²) in [5.41, 5.74) is 0.770. The zero-order valence-corrected chi connectivity index (χ0v) is 13.2. The first kappa shape index (κ1) is 18.7. The van der Waals surface area contributed by atoms with Crippen LogP contribution in [-0.4, -0.2) is 11.3 Å². The summed E-state index contributed by atoms with van der Waals surface area (Å²) in [7, 11) is 0. The average Bonchev–Trinajstić information content (AvgIpc) is 2.46. The lowest BCUT2D eigenvalue weighted by Crippen LogP contribution is -2.08. The Balaban J connectivity index is 2.12. The van der Waals surface area contributed by atoms with Gasteiger partial charge in [-0.1, -0.05) is 32.1 Å². The van der Waals surface area contributed by atoms with Crippen LogP contribution in [0, 0.1) is 10.1 Å². The third kappa shape index (κ3) is 7.64. The normalized spacial score (nSPS) is 11.1. The summed E-state index contributed by atoms with van der Waals surface area (Å²) in [6, 6.07) is 1.50. The lowest BCUT2D eigenvalue weighted by Gasteiger charge is -2.02. The van der Waals surface area contributed by atoms with E-state index in [0.717, 1.165) is 50.5 Å². The molecule has 1 N–H and O–H groups in total. The topological polar surface area (TPSA) is 57.3 Å². The molecule has 0 saturated heterocycles. The molecular weight excluding hydrogens is 314 g/mol.